The molecule has 0 spiro atoms. The van der Waals surface area contributed by atoms with Crippen LogP contribution in [0.3, 0.4) is 0 Å². The van der Waals surface area contributed by atoms with E-state index in [1.165, 1.54) is 41.7 Å². The van der Waals surface area contributed by atoms with Crippen molar-refractivity contribution in [2.45, 2.75) is 57.3 Å². The van der Waals surface area contributed by atoms with E-state index in [1.807, 2.05) is 32.0 Å². The molecule has 1 aliphatic carbocycles. The van der Waals surface area contributed by atoms with Crippen LogP contribution in [0.2, 0.25) is 0 Å². The zero-order valence-electron chi connectivity index (χ0n) is 21.9. The lowest BCUT2D eigenvalue weighted by Crippen LogP contribution is -2.31. The monoisotopic (exact) mass is 610 g/mol. The quantitative estimate of drug-likeness (QED) is 0.233. The largest absolute Gasteiger partial charge is 0.372 e. The molecule has 1 fully saturated rings. The zero-order valence-corrected chi connectivity index (χ0v) is 24.3. The first-order valence-corrected chi connectivity index (χ1v) is 15.2. The molecule has 4 aromatic rings. The Balaban J connectivity index is 0.00000151. The molecule has 1 aliphatic heterocycles. The van der Waals surface area contributed by atoms with Crippen molar-refractivity contribution < 1.29 is 18.1 Å². The Morgan fingerprint density at radius 2 is 1.82 bits per heavy atom. The van der Waals surface area contributed by atoms with Gasteiger partial charge in [-0.1, -0.05) is 26.0 Å². The molecule has 2 aromatic heterocycles. The van der Waals surface area contributed by atoms with Crippen molar-refractivity contribution in [3.05, 3.63) is 87.3 Å². The van der Waals surface area contributed by atoms with E-state index in [2.05, 4.69) is 25.9 Å². The van der Waals surface area contributed by atoms with Gasteiger partial charge in [-0.2, -0.15) is 0 Å². The summed E-state index contributed by atoms with van der Waals surface area (Å²) >= 11 is 3.55. The number of hydrogen-bond donors (Lipinski definition) is 0. The summed E-state index contributed by atoms with van der Waals surface area (Å²) in [5, 5.41) is 0.999. The summed E-state index contributed by atoms with van der Waals surface area (Å²) in [6.07, 6.45) is 6.65. The van der Waals surface area contributed by atoms with Gasteiger partial charge in [0, 0.05) is 35.5 Å². The molecule has 0 bridgehead atoms. The first kappa shape index (κ1) is 27.5. The third-order valence-electron chi connectivity index (χ3n) is 6.68. The third-order valence-corrected chi connectivity index (χ3v) is 8.28. The van der Waals surface area contributed by atoms with Gasteiger partial charge in [-0.15, -0.1) is 0 Å². The van der Waals surface area contributed by atoms with E-state index in [4.69, 9.17) is 9.72 Å². The molecule has 1 amide bonds. The Morgan fingerprint density at radius 3 is 2.51 bits per heavy atom. The number of amides is 1. The molecule has 3 heterocycles. The molecular formula is C29H28BrFN4O3S. The molecule has 1 atom stereocenters. The van der Waals surface area contributed by atoms with Crippen LogP contribution < -0.4 is 4.90 Å². The Hall–Kier alpha value is -3.08. The molecular weight excluding hydrogens is 583 g/mol. The van der Waals surface area contributed by atoms with Crippen LogP contribution in [0, 0.1) is 5.82 Å². The zero-order chi connectivity index (χ0) is 27.7. The summed E-state index contributed by atoms with van der Waals surface area (Å²) in [7, 11) is -1.53. The topological polar surface area (TPSA) is 85.3 Å². The van der Waals surface area contributed by atoms with Crippen LogP contribution in [0.25, 0.3) is 10.9 Å². The molecule has 0 radical (unpaired) electrons. The second kappa shape index (κ2) is 11.6. The molecule has 0 N–H and O–H groups in total. The number of benzene rings is 2. The Morgan fingerprint density at radius 1 is 1.10 bits per heavy atom. The van der Waals surface area contributed by atoms with Gasteiger partial charge in [-0.25, -0.2) is 19.3 Å². The number of nitrogens with zero attached hydrogens (tertiary/aromatic N) is 4. The van der Waals surface area contributed by atoms with Gasteiger partial charge in [0.15, 0.2) is 0 Å². The van der Waals surface area contributed by atoms with E-state index in [1.54, 1.807) is 0 Å². The van der Waals surface area contributed by atoms with Gasteiger partial charge in [-0.3, -0.25) is 9.00 Å². The Kier molecular flexibility index (Phi) is 8.16. The van der Waals surface area contributed by atoms with Crippen LogP contribution in [0.5, 0.6) is 0 Å². The van der Waals surface area contributed by atoms with Gasteiger partial charge >= 0.3 is 0 Å². The molecule has 39 heavy (non-hydrogen) atoms. The van der Waals surface area contributed by atoms with Crippen LogP contribution in [0.4, 0.5) is 10.1 Å². The fourth-order valence-electron chi connectivity index (χ4n) is 4.60. The summed E-state index contributed by atoms with van der Waals surface area (Å²) in [6.45, 7) is 5.20. The fourth-order valence-corrected chi connectivity index (χ4v) is 5.89. The van der Waals surface area contributed by atoms with Gasteiger partial charge in [0.05, 0.1) is 52.2 Å². The van der Waals surface area contributed by atoms with Gasteiger partial charge < -0.3 is 9.64 Å². The lowest BCUT2D eigenvalue weighted by molar-refractivity contribution is 0.0983. The van der Waals surface area contributed by atoms with Crippen molar-refractivity contribution in [3.8, 4) is 0 Å². The second-order valence-electron chi connectivity index (χ2n) is 9.27. The molecule has 202 valence electrons. The van der Waals surface area contributed by atoms with E-state index >= 15 is 0 Å². The average molecular weight is 612 g/mol. The smallest absolute Gasteiger partial charge is 0.261 e. The van der Waals surface area contributed by atoms with Gasteiger partial charge in [0.2, 0.25) is 0 Å². The van der Waals surface area contributed by atoms with Crippen molar-refractivity contribution in [1.82, 2.24) is 15.0 Å². The van der Waals surface area contributed by atoms with E-state index in [9.17, 15) is 13.4 Å². The Bertz CT molecular complexity index is 1580. The van der Waals surface area contributed by atoms with Crippen molar-refractivity contribution in [2.24, 2.45) is 0 Å². The highest BCUT2D eigenvalue weighted by Crippen LogP contribution is 2.38. The summed E-state index contributed by atoms with van der Waals surface area (Å²) in [5.74, 6) is 0.220. The highest BCUT2D eigenvalue weighted by atomic mass is 79.9. The van der Waals surface area contributed by atoms with Gasteiger partial charge in [-0.05, 0) is 64.2 Å². The predicted octanol–water partition coefficient (Wildman–Crippen LogP) is 6.44. The molecule has 1 saturated carbocycles. The molecule has 6 rings (SSSR count). The SMILES string of the molecule is CC.CS(=O)c1cc(F)ccc1N(Cc1ccc2c3c(c(Br)nc2c1)COC3)C(=O)c1cnc(C2CC2)nc1. The first-order chi connectivity index (χ1) is 18.9. The fraction of sp³-hybridized carbons (Fsp3) is 0.310. The number of aromatic nitrogens is 3. The van der Waals surface area contributed by atoms with Crippen molar-refractivity contribution in [2.75, 3.05) is 11.2 Å². The third kappa shape index (κ3) is 5.64. The summed E-state index contributed by atoms with van der Waals surface area (Å²) in [5.41, 5.74) is 4.41. The number of ether oxygens (including phenoxy) is 1. The minimum atomic E-state index is -1.53. The number of carbonyl (C=O) groups is 1. The maximum Gasteiger partial charge on any atom is 0.261 e. The minimum absolute atomic E-state index is 0.155. The summed E-state index contributed by atoms with van der Waals surface area (Å²) in [6, 6.07) is 9.82. The Labute approximate surface area is 237 Å². The molecule has 10 heteroatoms. The molecule has 2 aromatic carbocycles. The van der Waals surface area contributed by atoms with E-state index in [0.29, 0.717) is 30.4 Å². The number of rotatable bonds is 6. The minimum Gasteiger partial charge on any atom is -0.372 e. The number of fused-ring (bicyclic) bond motifs is 3. The van der Waals surface area contributed by atoms with Crippen LogP contribution in [-0.4, -0.2) is 31.3 Å². The summed E-state index contributed by atoms with van der Waals surface area (Å²) in [4.78, 5) is 29.0. The maximum atomic E-state index is 14.1. The van der Waals surface area contributed by atoms with E-state index in [0.717, 1.165) is 50.9 Å². The molecule has 1 unspecified atom stereocenters. The van der Waals surface area contributed by atoms with Crippen molar-refractivity contribution >= 4 is 49.2 Å². The van der Waals surface area contributed by atoms with Crippen molar-refractivity contribution in [3.63, 3.8) is 0 Å². The van der Waals surface area contributed by atoms with Crippen molar-refractivity contribution in [1.29, 1.82) is 0 Å². The first-order valence-electron chi connectivity index (χ1n) is 12.8. The lowest BCUT2D eigenvalue weighted by atomic mass is 10.0. The standard InChI is InChI=1S/C27H22BrFN4O3S.C2H6/c1-37(35)24-9-18(29)5-7-23(24)33(27(34)17-10-30-26(31-11-17)16-3-4-16)12-15-2-6-19-20-13-36-14-21(20)25(28)32-22(19)8-15;1-2/h2,5-11,16H,3-4,12-14H2,1H3;1-2H3. The summed E-state index contributed by atoms with van der Waals surface area (Å²) < 4.78 is 33.0. The van der Waals surface area contributed by atoms with Crippen LogP contribution in [-0.2, 0) is 35.3 Å². The lowest BCUT2D eigenvalue weighted by Gasteiger charge is -2.25. The number of hydrogen-bond acceptors (Lipinski definition) is 6. The molecule has 2 aliphatic rings. The maximum absolute atomic E-state index is 14.1. The van der Waals surface area contributed by atoms with E-state index in [-0.39, 0.29) is 17.3 Å². The molecule has 0 saturated heterocycles. The van der Waals surface area contributed by atoms with Gasteiger partial charge in [0.1, 0.15) is 16.2 Å². The number of anilines is 1. The molecule has 7 nitrogen and oxygen atoms in total. The van der Waals surface area contributed by atoms with Crippen LogP contribution in [0.15, 0.2) is 58.3 Å². The average Bonchev–Trinajstić information content (AvgIpc) is 3.68. The second-order valence-corrected chi connectivity index (χ2v) is 11.4. The van der Waals surface area contributed by atoms with Gasteiger partial charge in [0.25, 0.3) is 5.91 Å². The van der Waals surface area contributed by atoms with Crippen LogP contribution >= 0.6 is 15.9 Å². The van der Waals surface area contributed by atoms with E-state index < -0.39 is 16.6 Å². The highest BCUT2D eigenvalue weighted by Gasteiger charge is 2.28. The van der Waals surface area contributed by atoms with Crippen LogP contribution in [0.1, 0.15) is 65.5 Å². The number of pyridine rings is 1. The predicted molar refractivity (Wildman–Crippen MR) is 153 cm³/mol. The highest BCUT2D eigenvalue weighted by molar-refractivity contribution is 9.10. The normalized spacial score (nSPS) is 14.9. The number of carbonyl (C=O) groups excluding carboxylic acids is 1. The number of halogens is 2.